The number of hydrogen-bond donors (Lipinski definition) is 2. The molecule has 0 bridgehead atoms. The quantitative estimate of drug-likeness (QED) is 0.435. The molecular formula is C31H36BrN3O5. The van der Waals surface area contributed by atoms with Crippen molar-refractivity contribution in [3.8, 4) is 0 Å². The second kappa shape index (κ2) is 11.8. The van der Waals surface area contributed by atoms with Gasteiger partial charge in [0.25, 0.3) is 5.91 Å². The van der Waals surface area contributed by atoms with Crippen molar-refractivity contribution in [2.75, 3.05) is 29.5 Å². The molecule has 0 radical (unpaired) electrons. The van der Waals surface area contributed by atoms with Crippen molar-refractivity contribution >= 4 is 45.0 Å². The van der Waals surface area contributed by atoms with E-state index in [0.29, 0.717) is 24.2 Å². The summed E-state index contributed by atoms with van der Waals surface area (Å²) in [4.78, 5) is 44.0. The third-order valence-corrected chi connectivity index (χ3v) is 8.92. The van der Waals surface area contributed by atoms with E-state index in [-0.39, 0.29) is 37.4 Å². The maximum Gasteiger partial charge on any atom is 0.264 e. The van der Waals surface area contributed by atoms with E-state index in [4.69, 9.17) is 0 Å². The number of rotatable bonds is 8. The number of aliphatic hydroxyl groups is 2. The van der Waals surface area contributed by atoms with Crippen LogP contribution in [-0.2, 0) is 26.5 Å². The lowest BCUT2D eigenvalue weighted by Crippen LogP contribution is -2.44. The largest absolute Gasteiger partial charge is 0.394 e. The van der Waals surface area contributed by atoms with Crippen molar-refractivity contribution in [3.05, 3.63) is 70.2 Å². The average molecular weight is 611 g/mol. The molecule has 9 heteroatoms. The highest BCUT2D eigenvalue weighted by molar-refractivity contribution is 9.10. The lowest BCUT2D eigenvalue weighted by Gasteiger charge is -2.28. The van der Waals surface area contributed by atoms with Gasteiger partial charge in [-0.05, 0) is 61.6 Å². The first-order valence-corrected chi connectivity index (χ1v) is 14.8. The summed E-state index contributed by atoms with van der Waals surface area (Å²) in [6.45, 7) is 3.37. The van der Waals surface area contributed by atoms with E-state index < -0.39 is 17.4 Å². The fourth-order valence-electron chi connectivity index (χ4n) is 6.10. The SMILES string of the molecule is C[C@H](/C=C/CC(=O)N1CCC[C@H]1CO)[C@@]1(O)C(=O)N(Cc2ccc(N3CCCCC3=O)cc2)c2ccc(Br)cc21. The van der Waals surface area contributed by atoms with E-state index in [0.717, 1.165) is 48.0 Å². The zero-order chi connectivity index (χ0) is 28.4. The summed E-state index contributed by atoms with van der Waals surface area (Å²) in [5.41, 5.74) is 1.11. The summed E-state index contributed by atoms with van der Waals surface area (Å²) in [5.74, 6) is -0.940. The highest BCUT2D eigenvalue weighted by Crippen LogP contribution is 2.46. The van der Waals surface area contributed by atoms with Crippen LogP contribution in [0.3, 0.4) is 0 Å². The zero-order valence-electron chi connectivity index (χ0n) is 22.8. The Kier molecular flexibility index (Phi) is 8.44. The Morgan fingerprint density at radius 2 is 1.90 bits per heavy atom. The number of carbonyl (C=O) groups excluding carboxylic acids is 3. The van der Waals surface area contributed by atoms with Crippen LogP contribution in [0.2, 0.25) is 0 Å². The Bertz CT molecular complexity index is 1310. The van der Waals surface area contributed by atoms with E-state index in [1.807, 2.05) is 41.3 Å². The van der Waals surface area contributed by atoms with E-state index >= 15 is 0 Å². The van der Waals surface area contributed by atoms with Gasteiger partial charge in [-0.2, -0.15) is 0 Å². The van der Waals surface area contributed by atoms with Crippen LogP contribution >= 0.6 is 15.9 Å². The minimum atomic E-state index is -1.79. The van der Waals surface area contributed by atoms with Crippen LogP contribution < -0.4 is 9.80 Å². The molecule has 5 rings (SSSR count). The standard InChI is InChI=1S/C31H36BrN3O5/c1-21(6-4-9-29(38)34-17-5-7-25(34)20-36)31(40)26-18-23(32)12-15-27(26)35(30(31)39)19-22-10-13-24(14-11-22)33-16-3-2-8-28(33)37/h4,6,10-15,18,21,25,36,40H,2-3,5,7-9,16-17,19-20H2,1H3/b6-4+/t21-,25+,31+/m1/s1. The first kappa shape index (κ1) is 28.5. The number of hydrogen-bond acceptors (Lipinski definition) is 5. The second-order valence-corrected chi connectivity index (χ2v) is 11.9. The number of fused-ring (bicyclic) bond motifs is 1. The summed E-state index contributed by atoms with van der Waals surface area (Å²) in [6.07, 6.45) is 7.76. The van der Waals surface area contributed by atoms with E-state index in [1.165, 1.54) is 0 Å². The van der Waals surface area contributed by atoms with Gasteiger partial charge in [0.15, 0.2) is 5.60 Å². The van der Waals surface area contributed by atoms with Gasteiger partial charge in [0, 0.05) is 47.6 Å². The molecule has 2 N–H and O–H groups in total. The number of benzene rings is 2. The molecule has 3 atom stereocenters. The number of aliphatic hydroxyl groups excluding tert-OH is 1. The number of amides is 3. The Morgan fingerprint density at radius 1 is 1.12 bits per heavy atom. The van der Waals surface area contributed by atoms with Crippen LogP contribution in [-0.4, -0.2) is 58.6 Å². The Morgan fingerprint density at radius 3 is 2.62 bits per heavy atom. The Labute approximate surface area is 243 Å². The molecule has 0 aliphatic carbocycles. The molecule has 2 aromatic rings. The van der Waals surface area contributed by atoms with Gasteiger partial charge >= 0.3 is 0 Å². The number of nitrogens with zero attached hydrogens (tertiary/aromatic N) is 3. The maximum absolute atomic E-state index is 13.9. The summed E-state index contributed by atoms with van der Waals surface area (Å²) in [7, 11) is 0. The molecule has 2 saturated heterocycles. The molecule has 0 unspecified atom stereocenters. The summed E-state index contributed by atoms with van der Waals surface area (Å²) in [6, 6.07) is 13.0. The number of carbonyl (C=O) groups is 3. The minimum Gasteiger partial charge on any atom is -0.394 e. The molecule has 212 valence electrons. The fraction of sp³-hybridized carbons (Fsp3) is 0.452. The van der Waals surface area contributed by atoms with Gasteiger partial charge in [-0.15, -0.1) is 0 Å². The van der Waals surface area contributed by atoms with E-state index in [2.05, 4.69) is 15.9 Å². The molecular weight excluding hydrogens is 574 g/mol. The van der Waals surface area contributed by atoms with Crippen LogP contribution in [0.4, 0.5) is 11.4 Å². The van der Waals surface area contributed by atoms with Crippen molar-refractivity contribution in [1.29, 1.82) is 0 Å². The predicted molar refractivity (Wildman–Crippen MR) is 157 cm³/mol. The molecule has 2 fully saturated rings. The van der Waals surface area contributed by atoms with Crippen molar-refractivity contribution in [2.45, 2.75) is 63.6 Å². The molecule has 3 heterocycles. The van der Waals surface area contributed by atoms with Crippen LogP contribution in [0.15, 0.2) is 59.1 Å². The summed E-state index contributed by atoms with van der Waals surface area (Å²) >= 11 is 3.48. The minimum absolute atomic E-state index is 0.0410. The van der Waals surface area contributed by atoms with Crippen molar-refractivity contribution < 1.29 is 24.6 Å². The molecule has 0 aromatic heterocycles. The summed E-state index contributed by atoms with van der Waals surface area (Å²) < 4.78 is 0.755. The number of piperidine rings is 1. The monoisotopic (exact) mass is 609 g/mol. The highest BCUT2D eigenvalue weighted by atomic mass is 79.9. The van der Waals surface area contributed by atoms with Crippen LogP contribution in [0.1, 0.15) is 56.6 Å². The molecule has 40 heavy (non-hydrogen) atoms. The van der Waals surface area contributed by atoms with Crippen molar-refractivity contribution in [1.82, 2.24) is 4.90 Å². The molecule has 3 amide bonds. The topological polar surface area (TPSA) is 101 Å². The number of halogens is 1. The van der Waals surface area contributed by atoms with Gasteiger partial charge in [0.05, 0.1) is 24.9 Å². The van der Waals surface area contributed by atoms with Crippen LogP contribution in [0.5, 0.6) is 0 Å². The number of likely N-dealkylation sites (tertiary alicyclic amines) is 1. The molecule has 0 spiro atoms. The van der Waals surface area contributed by atoms with Crippen molar-refractivity contribution in [3.63, 3.8) is 0 Å². The third-order valence-electron chi connectivity index (χ3n) is 8.43. The first-order chi connectivity index (χ1) is 19.2. The predicted octanol–water partition coefficient (Wildman–Crippen LogP) is 4.27. The van der Waals surface area contributed by atoms with E-state index in [1.54, 1.807) is 34.9 Å². The van der Waals surface area contributed by atoms with Crippen LogP contribution in [0, 0.1) is 5.92 Å². The van der Waals surface area contributed by atoms with Crippen LogP contribution in [0.25, 0.3) is 0 Å². The Hall–Kier alpha value is -3.01. The molecule has 8 nitrogen and oxygen atoms in total. The lowest BCUT2D eigenvalue weighted by atomic mass is 9.83. The highest BCUT2D eigenvalue weighted by Gasteiger charge is 2.52. The van der Waals surface area contributed by atoms with Gasteiger partial charge in [-0.3, -0.25) is 14.4 Å². The first-order valence-electron chi connectivity index (χ1n) is 14.0. The lowest BCUT2D eigenvalue weighted by molar-refractivity contribution is -0.139. The number of anilines is 2. The fourth-order valence-corrected chi connectivity index (χ4v) is 6.46. The normalized spacial score (nSPS) is 23.8. The molecule has 3 aliphatic heterocycles. The van der Waals surface area contributed by atoms with Gasteiger partial charge in [-0.1, -0.05) is 47.1 Å². The van der Waals surface area contributed by atoms with Gasteiger partial charge in [0.1, 0.15) is 0 Å². The third kappa shape index (κ3) is 5.34. The molecule has 3 aliphatic rings. The maximum atomic E-state index is 13.9. The smallest absolute Gasteiger partial charge is 0.264 e. The van der Waals surface area contributed by atoms with Gasteiger partial charge in [0.2, 0.25) is 11.8 Å². The molecule has 2 aromatic carbocycles. The van der Waals surface area contributed by atoms with Gasteiger partial charge < -0.3 is 24.9 Å². The van der Waals surface area contributed by atoms with Crippen molar-refractivity contribution in [2.24, 2.45) is 5.92 Å². The second-order valence-electron chi connectivity index (χ2n) is 11.0. The zero-order valence-corrected chi connectivity index (χ0v) is 24.3. The molecule has 0 saturated carbocycles. The average Bonchev–Trinajstić information content (AvgIpc) is 3.52. The van der Waals surface area contributed by atoms with E-state index in [9.17, 15) is 24.6 Å². The summed E-state index contributed by atoms with van der Waals surface area (Å²) in [5, 5.41) is 21.4. The van der Waals surface area contributed by atoms with Gasteiger partial charge in [-0.25, -0.2) is 0 Å². The Balaban J connectivity index is 1.33.